The molecular weight excluding hydrogens is 192 g/mol. The van der Waals surface area contributed by atoms with Gasteiger partial charge in [-0.15, -0.1) is 0 Å². The van der Waals surface area contributed by atoms with Gasteiger partial charge >= 0.3 is 0 Å². The summed E-state index contributed by atoms with van der Waals surface area (Å²) in [5.41, 5.74) is 0.727. The highest BCUT2D eigenvalue weighted by molar-refractivity contribution is 7.80. The van der Waals surface area contributed by atoms with Gasteiger partial charge in [-0.05, 0) is 35.9 Å². The standard InChI is InChI=1S/C11H20N2S/c1-10(2)8(11(10,3)4)13-9(14)12-7-5-6-7/h7-8H,5-6H2,1-4H3,(H2,12,13,14). The SMILES string of the molecule is CC1(C)C(NC(=S)NC2CC2)C1(C)C. The fraction of sp³-hybridized carbons (Fsp3) is 0.909. The molecule has 2 rings (SSSR count). The van der Waals surface area contributed by atoms with E-state index in [-0.39, 0.29) is 0 Å². The van der Waals surface area contributed by atoms with Gasteiger partial charge in [0.2, 0.25) is 0 Å². The highest BCUT2D eigenvalue weighted by Crippen LogP contribution is 2.62. The van der Waals surface area contributed by atoms with Gasteiger partial charge in [0, 0.05) is 12.1 Å². The molecule has 0 bridgehead atoms. The van der Waals surface area contributed by atoms with Crippen LogP contribution in [0.4, 0.5) is 0 Å². The normalized spacial score (nSPS) is 28.3. The van der Waals surface area contributed by atoms with Gasteiger partial charge < -0.3 is 10.6 Å². The van der Waals surface area contributed by atoms with Gasteiger partial charge in [-0.1, -0.05) is 27.7 Å². The molecule has 14 heavy (non-hydrogen) atoms. The number of hydrogen-bond acceptors (Lipinski definition) is 1. The van der Waals surface area contributed by atoms with E-state index in [1.807, 2.05) is 0 Å². The largest absolute Gasteiger partial charge is 0.360 e. The highest BCUT2D eigenvalue weighted by Gasteiger charge is 2.65. The van der Waals surface area contributed by atoms with Gasteiger partial charge in [-0.2, -0.15) is 0 Å². The van der Waals surface area contributed by atoms with E-state index in [0.717, 1.165) is 5.11 Å². The lowest BCUT2D eigenvalue weighted by Gasteiger charge is -2.10. The monoisotopic (exact) mass is 212 g/mol. The van der Waals surface area contributed by atoms with Gasteiger partial charge in [0.25, 0.3) is 0 Å². The Morgan fingerprint density at radius 1 is 1.07 bits per heavy atom. The number of hydrogen-bond donors (Lipinski definition) is 2. The zero-order valence-electron chi connectivity index (χ0n) is 9.48. The highest BCUT2D eigenvalue weighted by atomic mass is 32.1. The summed E-state index contributed by atoms with van der Waals surface area (Å²) in [4.78, 5) is 0. The van der Waals surface area contributed by atoms with Crippen LogP contribution in [0.1, 0.15) is 40.5 Å². The minimum absolute atomic E-state index is 0.363. The lowest BCUT2D eigenvalue weighted by atomic mass is 10.0. The zero-order chi connectivity index (χ0) is 10.6. The fourth-order valence-electron chi connectivity index (χ4n) is 2.14. The second kappa shape index (κ2) is 2.84. The third kappa shape index (κ3) is 1.52. The van der Waals surface area contributed by atoms with E-state index in [4.69, 9.17) is 12.2 Å². The summed E-state index contributed by atoms with van der Waals surface area (Å²) in [7, 11) is 0. The van der Waals surface area contributed by atoms with Gasteiger partial charge in [0.15, 0.2) is 5.11 Å². The van der Waals surface area contributed by atoms with Crippen LogP contribution in [0.2, 0.25) is 0 Å². The van der Waals surface area contributed by atoms with Crippen molar-refractivity contribution in [2.24, 2.45) is 10.8 Å². The van der Waals surface area contributed by atoms with Crippen LogP contribution in [-0.2, 0) is 0 Å². The topological polar surface area (TPSA) is 24.1 Å². The Balaban J connectivity index is 1.84. The Kier molecular flexibility index (Phi) is 2.08. The molecule has 80 valence electrons. The van der Waals surface area contributed by atoms with E-state index in [1.165, 1.54) is 12.8 Å². The molecule has 0 saturated heterocycles. The van der Waals surface area contributed by atoms with Gasteiger partial charge in [-0.3, -0.25) is 0 Å². The van der Waals surface area contributed by atoms with Gasteiger partial charge in [0.05, 0.1) is 0 Å². The molecule has 0 atom stereocenters. The zero-order valence-corrected chi connectivity index (χ0v) is 10.3. The van der Waals surface area contributed by atoms with E-state index in [0.29, 0.717) is 22.9 Å². The molecule has 2 nitrogen and oxygen atoms in total. The van der Waals surface area contributed by atoms with Crippen molar-refractivity contribution in [1.82, 2.24) is 10.6 Å². The van der Waals surface area contributed by atoms with Crippen LogP contribution in [0.3, 0.4) is 0 Å². The minimum atomic E-state index is 0.363. The first kappa shape index (κ1) is 10.2. The molecule has 2 N–H and O–H groups in total. The van der Waals surface area contributed by atoms with E-state index in [1.54, 1.807) is 0 Å². The lowest BCUT2D eigenvalue weighted by molar-refractivity contribution is 0.457. The maximum atomic E-state index is 5.27. The summed E-state index contributed by atoms with van der Waals surface area (Å²) in [6.45, 7) is 9.18. The lowest BCUT2D eigenvalue weighted by Crippen LogP contribution is -2.39. The van der Waals surface area contributed by atoms with Crippen molar-refractivity contribution < 1.29 is 0 Å². The number of thiocarbonyl (C=S) groups is 1. The average Bonchev–Trinajstić information content (AvgIpc) is 2.89. The Morgan fingerprint density at radius 3 is 1.93 bits per heavy atom. The molecule has 0 aliphatic heterocycles. The predicted molar refractivity (Wildman–Crippen MR) is 63.2 cm³/mol. The van der Waals surface area contributed by atoms with Crippen LogP contribution in [0, 0.1) is 10.8 Å². The summed E-state index contributed by atoms with van der Waals surface area (Å²) < 4.78 is 0. The molecule has 2 saturated carbocycles. The average molecular weight is 212 g/mol. The molecule has 2 fully saturated rings. The first-order valence-electron chi connectivity index (χ1n) is 5.43. The van der Waals surface area contributed by atoms with E-state index >= 15 is 0 Å². The molecule has 2 aliphatic carbocycles. The maximum Gasteiger partial charge on any atom is 0.166 e. The summed E-state index contributed by atoms with van der Waals surface area (Å²) >= 11 is 5.27. The Morgan fingerprint density at radius 2 is 1.57 bits per heavy atom. The van der Waals surface area contributed by atoms with Gasteiger partial charge in [-0.25, -0.2) is 0 Å². The third-order valence-electron chi connectivity index (χ3n) is 4.21. The van der Waals surface area contributed by atoms with Crippen molar-refractivity contribution in [2.75, 3.05) is 0 Å². The van der Waals surface area contributed by atoms with Crippen LogP contribution in [0.5, 0.6) is 0 Å². The molecule has 0 heterocycles. The van der Waals surface area contributed by atoms with Crippen LogP contribution in [-0.4, -0.2) is 17.2 Å². The third-order valence-corrected chi connectivity index (χ3v) is 4.44. The molecule has 0 amide bonds. The van der Waals surface area contributed by atoms with Crippen molar-refractivity contribution in [3.8, 4) is 0 Å². The van der Waals surface area contributed by atoms with Crippen LogP contribution >= 0.6 is 12.2 Å². The second-order valence-electron chi connectivity index (χ2n) is 5.77. The Labute approximate surface area is 91.8 Å². The van der Waals surface area contributed by atoms with Crippen molar-refractivity contribution in [3.05, 3.63) is 0 Å². The molecule has 3 heteroatoms. The molecule has 0 spiro atoms. The molecule has 0 unspecified atom stereocenters. The Bertz CT molecular complexity index is 252. The summed E-state index contributed by atoms with van der Waals surface area (Å²) in [6.07, 6.45) is 2.55. The smallest absolute Gasteiger partial charge is 0.166 e. The van der Waals surface area contributed by atoms with Gasteiger partial charge in [0.1, 0.15) is 0 Å². The first-order chi connectivity index (χ1) is 6.35. The quantitative estimate of drug-likeness (QED) is 0.685. The number of rotatable bonds is 2. The molecule has 0 aromatic rings. The summed E-state index contributed by atoms with van der Waals surface area (Å²) in [5, 5.41) is 7.59. The van der Waals surface area contributed by atoms with Crippen molar-refractivity contribution in [1.29, 1.82) is 0 Å². The maximum absolute atomic E-state index is 5.27. The molecule has 0 radical (unpaired) electrons. The van der Waals surface area contributed by atoms with Crippen LogP contribution < -0.4 is 10.6 Å². The van der Waals surface area contributed by atoms with Crippen LogP contribution in [0.15, 0.2) is 0 Å². The molecule has 2 aliphatic rings. The predicted octanol–water partition coefficient (Wildman–Crippen LogP) is 2.05. The summed E-state index contributed by atoms with van der Waals surface area (Å²) in [5.74, 6) is 0. The van der Waals surface area contributed by atoms with E-state index in [2.05, 4.69) is 38.3 Å². The molecule has 0 aromatic heterocycles. The Hall–Kier alpha value is -0.310. The molecule has 0 aromatic carbocycles. The first-order valence-corrected chi connectivity index (χ1v) is 5.83. The minimum Gasteiger partial charge on any atom is -0.360 e. The van der Waals surface area contributed by atoms with Crippen molar-refractivity contribution >= 4 is 17.3 Å². The second-order valence-corrected chi connectivity index (χ2v) is 6.18. The number of nitrogens with one attached hydrogen (secondary N) is 2. The van der Waals surface area contributed by atoms with E-state index < -0.39 is 0 Å². The van der Waals surface area contributed by atoms with Crippen molar-refractivity contribution in [2.45, 2.75) is 52.6 Å². The van der Waals surface area contributed by atoms with E-state index in [9.17, 15) is 0 Å². The fourth-order valence-corrected chi connectivity index (χ4v) is 2.43. The van der Waals surface area contributed by atoms with Crippen molar-refractivity contribution in [3.63, 3.8) is 0 Å². The summed E-state index contributed by atoms with van der Waals surface area (Å²) in [6, 6.07) is 1.17. The van der Waals surface area contributed by atoms with Crippen LogP contribution in [0.25, 0.3) is 0 Å². The molecular formula is C11H20N2S.